The number of carbonyl (C=O) groups excluding carboxylic acids is 2. The minimum absolute atomic E-state index is 0.0707. The lowest BCUT2D eigenvalue weighted by Crippen LogP contribution is -2.47. The van der Waals surface area contributed by atoms with E-state index in [0.29, 0.717) is 18.0 Å². The summed E-state index contributed by atoms with van der Waals surface area (Å²) in [6, 6.07) is 8.59. The summed E-state index contributed by atoms with van der Waals surface area (Å²) in [5.74, 6) is 0.885. The first-order valence-corrected chi connectivity index (χ1v) is 10.1. The van der Waals surface area contributed by atoms with Gasteiger partial charge in [0.05, 0.1) is 12.3 Å². The maximum absolute atomic E-state index is 12.9. The second kappa shape index (κ2) is 7.37. The first kappa shape index (κ1) is 17.5. The third-order valence-electron chi connectivity index (χ3n) is 4.88. The number of fused-ring (bicyclic) bond motifs is 1. The predicted octanol–water partition coefficient (Wildman–Crippen LogP) is 3.89. The number of carbonyl (C=O) groups is 2. The summed E-state index contributed by atoms with van der Waals surface area (Å²) in [7, 11) is 0. The smallest absolute Gasteiger partial charge is 0.290 e. The predicted molar refractivity (Wildman–Crippen MR) is 100 cm³/mol. The Kier molecular flexibility index (Phi) is 4.96. The van der Waals surface area contributed by atoms with Gasteiger partial charge in [-0.05, 0) is 55.2 Å². The van der Waals surface area contributed by atoms with E-state index in [1.54, 1.807) is 28.8 Å². The van der Waals surface area contributed by atoms with E-state index >= 15 is 0 Å². The highest BCUT2D eigenvalue weighted by molar-refractivity contribution is 7.99. The Bertz CT molecular complexity index is 824. The van der Waals surface area contributed by atoms with Crippen LogP contribution in [0.3, 0.4) is 0 Å². The molecule has 4 rings (SSSR count). The highest BCUT2D eigenvalue weighted by atomic mass is 35.5. The van der Waals surface area contributed by atoms with E-state index in [2.05, 4.69) is 5.32 Å². The molecule has 0 radical (unpaired) electrons. The van der Waals surface area contributed by atoms with Crippen molar-refractivity contribution in [1.29, 1.82) is 0 Å². The fourth-order valence-corrected chi connectivity index (χ4v) is 4.89. The van der Waals surface area contributed by atoms with Gasteiger partial charge in [-0.3, -0.25) is 9.59 Å². The molecule has 1 fully saturated rings. The fraction of sp³-hybridized carbons (Fsp3) is 0.368. The van der Waals surface area contributed by atoms with Crippen LogP contribution in [0.15, 0.2) is 45.9 Å². The summed E-state index contributed by atoms with van der Waals surface area (Å²) >= 11 is 7.92. The Morgan fingerprint density at radius 3 is 2.96 bits per heavy atom. The van der Waals surface area contributed by atoms with E-state index in [-0.39, 0.29) is 23.6 Å². The summed E-state index contributed by atoms with van der Waals surface area (Å²) in [5, 5.41) is 3.81. The van der Waals surface area contributed by atoms with Crippen LogP contribution in [0.2, 0.25) is 5.02 Å². The van der Waals surface area contributed by atoms with Crippen LogP contribution < -0.4 is 5.32 Å². The molecule has 136 valence electrons. The number of halogens is 1. The number of hydrogen-bond acceptors (Lipinski definition) is 4. The number of thioether (sulfide) groups is 1. The second-order valence-corrected chi connectivity index (χ2v) is 8.09. The zero-order valence-corrected chi connectivity index (χ0v) is 15.7. The summed E-state index contributed by atoms with van der Waals surface area (Å²) in [6.45, 7) is 0.570. The van der Waals surface area contributed by atoms with Crippen LogP contribution >= 0.6 is 23.4 Å². The van der Waals surface area contributed by atoms with Crippen LogP contribution in [0.4, 0.5) is 0 Å². The number of likely N-dealkylation sites (tertiary alicyclic amines) is 1. The zero-order valence-electron chi connectivity index (χ0n) is 14.1. The summed E-state index contributed by atoms with van der Waals surface area (Å²) < 4.78 is 5.21. The van der Waals surface area contributed by atoms with E-state index in [1.807, 2.05) is 18.2 Å². The van der Waals surface area contributed by atoms with Gasteiger partial charge in [-0.25, -0.2) is 0 Å². The minimum atomic E-state index is -0.454. The maximum Gasteiger partial charge on any atom is 0.290 e. The first-order chi connectivity index (χ1) is 12.6. The van der Waals surface area contributed by atoms with Crippen molar-refractivity contribution >= 4 is 35.2 Å². The Balaban J connectivity index is 1.50. The molecule has 3 heterocycles. The molecule has 1 aromatic carbocycles. The molecule has 0 aliphatic carbocycles. The summed E-state index contributed by atoms with van der Waals surface area (Å²) in [4.78, 5) is 28.3. The number of nitrogens with zero attached hydrogens (tertiary/aromatic N) is 1. The van der Waals surface area contributed by atoms with Crippen molar-refractivity contribution in [3.63, 3.8) is 0 Å². The fourth-order valence-electron chi connectivity index (χ4n) is 3.61. The quantitative estimate of drug-likeness (QED) is 0.863. The molecule has 7 heteroatoms. The van der Waals surface area contributed by atoms with Crippen molar-refractivity contribution in [1.82, 2.24) is 10.2 Å². The topological polar surface area (TPSA) is 62.6 Å². The van der Waals surface area contributed by atoms with Crippen LogP contribution in [-0.4, -0.2) is 35.1 Å². The van der Waals surface area contributed by atoms with Gasteiger partial charge in [-0.1, -0.05) is 11.6 Å². The third kappa shape index (κ3) is 3.35. The maximum atomic E-state index is 12.9. The van der Waals surface area contributed by atoms with E-state index in [1.165, 1.54) is 6.26 Å². The Hall–Kier alpha value is -1.92. The Morgan fingerprint density at radius 1 is 1.27 bits per heavy atom. The molecule has 26 heavy (non-hydrogen) atoms. The van der Waals surface area contributed by atoms with Crippen molar-refractivity contribution in [2.45, 2.75) is 36.2 Å². The van der Waals surface area contributed by atoms with Gasteiger partial charge in [0.2, 0.25) is 5.91 Å². The van der Waals surface area contributed by atoms with Gasteiger partial charge < -0.3 is 14.6 Å². The van der Waals surface area contributed by atoms with Crippen molar-refractivity contribution in [2.24, 2.45) is 0 Å². The van der Waals surface area contributed by atoms with Crippen molar-refractivity contribution in [3.8, 4) is 0 Å². The van der Waals surface area contributed by atoms with E-state index < -0.39 is 6.04 Å². The largest absolute Gasteiger partial charge is 0.459 e. The average Bonchev–Trinajstić information content (AvgIpc) is 3.33. The van der Waals surface area contributed by atoms with Gasteiger partial charge in [0.1, 0.15) is 6.04 Å². The molecule has 5 nitrogen and oxygen atoms in total. The molecule has 1 N–H and O–H groups in total. The highest BCUT2D eigenvalue weighted by Crippen LogP contribution is 2.37. The lowest BCUT2D eigenvalue weighted by atomic mass is 10.0. The van der Waals surface area contributed by atoms with Crippen LogP contribution in [-0.2, 0) is 4.79 Å². The monoisotopic (exact) mass is 390 g/mol. The second-order valence-electron chi connectivity index (χ2n) is 6.51. The number of rotatable bonds is 3. The molecule has 1 aromatic heterocycles. The van der Waals surface area contributed by atoms with E-state index in [9.17, 15) is 9.59 Å². The molecule has 0 spiro atoms. The number of amides is 2. The van der Waals surface area contributed by atoms with E-state index in [0.717, 1.165) is 29.1 Å². The molecule has 0 bridgehead atoms. The van der Waals surface area contributed by atoms with Gasteiger partial charge in [-0.2, -0.15) is 0 Å². The lowest BCUT2D eigenvalue weighted by molar-refractivity contribution is -0.125. The summed E-state index contributed by atoms with van der Waals surface area (Å²) in [5.41, 5.74) is 1.06. The molecule has 0 unspecified atom stereocenters. The number of nitrogens with one attached hydrogen (secondary N) is 1. The molecule has 2 aromatic rings. The molecule has 0 saturated carbocycles. The normalized spacial score (nSPS) is 22.1. The molecule has 2 amide bonds. The van der Waals surface area contributed by atoms with Crippen molar-refractivity contribution in [2.75, 3.05) is 12.3 Å². The van der Waals surface area contributed by atoms with Gasteiger partial charge in [-0.15, -0.1) is 11.8 Å². The molecule has 2 aliphatic rings. The van der Waals surface area contributed by atoms with Gasteiger partial charge >= 0.3 is 0 Å². The highest BCUT2D eigenvalue weighted by Gasteiger charge is 2.36. The van der Waals surface area contributed by atoms with Gasteiger partial charge in [0.25, 0.3) is 5.91 Å². The van der Waals surface area contributed by atoms with Crippen LogP contribution in [0, 0.1) is 0 Å². The molecule has 2 aliphatic heterocycles. The standard InChI is InChI=1S/C19H19ClN2O3S/c20-12-5-6-17-13(11-12)14(7-10-26-17)21-18(23)15-3-1-8-22(15)19(24)16-4-2-9-25-16/h2,4-6,9,11,14-15H,1,3,7-8,10H2,(H,21,23)/t14-,15-/m0/s1. The summed E-state index contributed by atoms with van der Waals surface area (Å²) in [6.07, 6.45) is 3.80. The Morgan fingerprint density at radius 2 is 2.15 bits per heavy atom. The average molecular weight is 391 g/mol. The van der Waals surface area contributed by atoms with Crippen LogP contribution in [0.25, 0.3) is 0 Å². The van der Waals surface area contributed by atoms with Gasteiger partial charge in [0, 0.05) is 22.2 Å². The molecular formula is C19H19ClN2O3S. The van der Waals surface area contributed by atoms with Crippen molar-refractivity contribution < 1.29 is 14.0 Å². The van der Waals surface area contributed by atoms with E-state index in [4.69, 9.17) is 16.0 Å². The molecule has 1 saturated heterocycles. The van der Waals surface area contributed by atoms with Crippen LogP contribution in [0.1, 0.15) is 41.4 Å². The lowest BCUT2D eigenvalue weighted by Gasteiger charge is -2.29. The number of furan rings is 1. The Labute approximate surface area is 161 Å². The molecular weight excluding hydrogens is 372 g/mol. The minimum Gasteiger partial charge on any atom is -0.459 e. The van der Waals surface area contributed by atoms with Crippen LogP contribution in [0.5, 0.6) is 0 Å². The SMILES string of the molecule is O=C(N[C@H]1CCSc2ccc(Cl)cc21)[C@@H]1CCCN1C(=O)c1ccco1. The third-order valence-corrected chi connectivity index (χ3v) is 6.23. The number of hydrogen-bond donors (Lipinski definition) is 1. The van der Waals surface area contributed by atoms with Crippen molar-refractivity contribution in [3.05, 3.63) is 52.9 Å². The molecule has 2 atom stereocenters. The number of benzene rings is 1. The first-order valence-electron chi connectivity index (χ1n) is 8.70. The van der Waals surface area contributed by atoms with Gasteiger partial charge in [0.15, 0.2) is 5.76 Å². The zero-order chi connectivity index (χ0) is 18.1.